The van der Waals surface area contributed by atoms with Crippen molar-refractivity contribution < 1.29 is 14.5 Å². The van der Waals surface area contributed by atoms with Crippen LogP contribution in [0.3, 0.4) is 0 Å². The second-order valence-corrected chi connectivity index (χ2v) is 7.60. The Kier molecular flexibility index (Phi) is 6.13. The summed E-state index contributed by atoms with van der Waals surface area (Å²) in [5.74, 6) is 0.816. The molecule has 0 radical (unpaired) electrons. The molecule has 2 rings (SSSR count). The van der Waals surface area contributed by atoms with E-state index in [9.17, 15) is 0 Å². The van der Waals surface area contributed by atoms with Gasteiger partial charge in [-0.15, -0.1) is 0 Å². The van der Waals surface area contributed by atoms with E-state index in [0.717, 1.165) is 30.3 Å². The fourth-order valence-electron chi connectivity index (χ4n) is 2.83. The van der Waals surface area contributed by atoms with Gasteiger partial charge in [0.2, 0.25) is 0 Å². The monoisotopic (exact) mass is 326 g/mol. The van der Waals surface area contributed by atoms with E-state index in [2.05, 4.69) is 40.0 Å². The Bertz CT molecular complexity index is 482. The van der Waals surface area contributed by atoms with Gasteiger partial charge in [0, 0.05) is 0 Å². The first-order valence-corrected chi connectivity index (χ1v) is 8.88. The topological polar surface area (TPSA) is 18.1 Å². The van der Waals surface area contributed by atoms with E-state index >= 15 is 0 Å². The second-order valence-electron chi connectivity index (χ2n) is 7.19. The minimum Gasteiger partial charge on any atom is -0.486 e. The van der Waals surface area contributed by atoms with Gasteiger partial charge in [-0.05, 0) is 29.5 Å². The Morgan fingerprint density at radius 2 is 1.86 bits per heavy atom. The van der Waals surface area contributed by atoms with Crippen LogP contribution in [0.15, 0.2) is 18.2 Å². The lowest BCUT2D eigenvalue weighted by atomic mass is 9.82. The fraction of sp³-hybridized carbons (Fsp3) is 0.667. The van der Waals surface area contributed by atoms with Crippen LogP contribution in [0, 0.1) is 0 Å². The molecule has 22 heavy (non-hydrogen) atoms. The van der Waals surface area contributed by atoms with Crippen LogP contribution >= 0.6 is 11.6 Å². The number of hydrogen-bond donors (Lipinski definition) is 2. The standard InChI is InChI=1S/C18H29ClN2O/c1-5-18(2,3)15-6-7-17(16(19)14-15)22-13-12-21-10-8-20(4)9-11-21/h6-7,14H,5,8-13H2,1-4H3/p+2. The molecule has 124 valence electrons. The highest BCUT2D eigenvalue weighted by Crippen LogP contribution is 2.33. The largest absolute Gasteiger partial charge is 0.486 e. The highest BCUT2D eigenvalue weighted by molar-refractivity contribution is 6.32. The zero-order valence-electron chi connectivity index (χ0n) is 14.5. The maximum atomic E-state index is 6.40. The van der Waals surface area contributed by atoms with Crippen LogP contribution in [0.25, 0.3) is 0 Å². The molecule has 1 heterocycles. The third-order valence-electron chi connectivity index (χ3n) is 5.12. The van der Waals surface area contributed by atoms with E-state index in [-0.39, 0.29) is 5.41 Å². The highest BCUT2D eigenvalue weighted by Gasteiger charge is 2.21. The Morgan fingerprint density at radius 3 is 2.45 bits per heavy atom. The lowest BCUT2D eigenvalue weighted by Crippen LogP contribution is -3.27. The SMILES string of the molecule is CCC(C)(C)c1ccc(OCC[NH+]2CC[NH+](C)CC2)c(Cl)c1. The molecule has 1 aliphatic heterocycles. The van der Waals surface area contributed by atoms with Crippen molar-refractivity contribution in [1.82, 2.24) is 0 Å². The first-order valence-electron chi connectivity index (χ1n) is 8.50. The zero-order chi connectivity index (χ0) is 16.2. The number of benzene rings is 1. The van der Waals surface area contributed by atoms with Gasteiger partial charge in [-0.25, -0.2) is 0 Å². The molecule has 0 atom stereocenters. The average molecular weight is 327 g/mol. The molecule has 1 fully saturated rings. The summed E-state index contributed by atoms with van der Waals surface area (Å²) in [5, 5.41) is 0.733. The summed E-state index contributed by atoms with van der Waals surface area (Å²) in [6.07, 6.45) is 1.10. The summed E-state index contributed by atoms with van der Waals surface area (Å²) in [6, 6.07) is 6.24. The van der Waals surface area contributed by atoms with E-state index in [4.69, 9.17) is 16.3 Å². The molecule has 0 amide bonds. The molecule has 0 bridgehead atoms. The molecule has 4 heteroatoms. The van der Waals surface area contributed by atoms with Crippen LogP contribution in [0.2, 0.25) is 5.02 Å². The van der Waals surface area contributed by atoms with Gasteiger partial charge in [0.05, 0.1) is 12.1 Å². The number of hydrogen-bond acceptors (Lipinski definition) is 1. The molecule has 2 N–H and O–H groups in total. The molecule has 3 nitrogen and oxygen atoms in total. The first kappa shape index (κ1) is 17.6. The van der Waals surface area contributed by atoms with Crippen molar-refractivity contribution in [2.75, 3.05) is 46.4 Å². The van der Waals surface area contributed by atoms with Crippen LogP contribution < -0.4 is 14.5 Å². The van der Waals surface area contributed by atoms with Gasteiger partial charge >= 0.3 is 0 Å². The van der Waals surface area contributed by atoms with Gasteiger partial charge in [0.25, 0.3) is 0 Å². The van der Waals surface area contributed by atoms with Crippen LogP contribution in [0.4, 0.5) is 0 Å². The van der Waals surface area contributed by atoms with Crippen molar-refractivity contribution in [1.29, 1.82) is 0 Å². The lowest BCUT2D eigenvalue weighted by molar-refractivity contribution is -1.00. The van der Waals surface area contributed by atoms with Crippen molar-refractivity contribution in [3.05, 3.63) is 28.8 Å². The van der Waals surface area contributed by atoms with E-state index in [1.54, 1.807) is 9.80 Å². The Hall–Kier alpha value is -0.770. The average Bonchev–Trinajstić information content (AvgIpc) is 2.50. The Balaban J connectivity index is 1.86. The lowest BCUT2D eigenvalue weighted by Gasteiger charge is -2.27. The summed E-state index contributed by atoms with van der Waals surface area (Å²) in [4.78, 5) is 3.28. The van der Waals surface area contributed by atoms with Crippen molar-refractivity contribution in [2.24, 2.45) is 0 Å². The van der Waals surface area contributed by atoms with Gasteiger partial charge < -0.3 is 14.5 Å². The number of rotatable bonds is 6. The Labute approximate surface area is 140 Å². The molecular weight excluding hydrogens is 296 g/mol. The molecule has 0 aromatic heterocycles. The summed E-state index contributed by atoms with van der Waals surface area (Å²) in [6.45, 7) is 13.5. The molecule has 0 unspecified atom stereocenters. The quantitative estimate of drug-likeness (QED) is 0.792. The predicted octanol–water partition coefficient (Wildman–Crippen LogP) is 0.820. The molecule has 0 aliphatic carbocycles. The molecular formula is C18H31ClN2O+2. The van der Waals surface area contributed by atoms with E-state index in [1.165, 1.54) is 31.7 Å². The summed E-state index contributed by atoms with van der Waals surface area (Å²) in [5.41, 5.74) is 1.44. The summed E-state index contributed by atoms with van der Waals surface area (Å²) >= 11 is 6.40. The van der Waals surface area contributed by atoms with Gasteiger partial charge in [0.1, 0.15) is 45.1 Å². The molecule has 0 saturated carbocycles. The van der Waals surface area contributed by atoms with E-state index < -0.39 is 0 Å². The van der Waals surface area contributed by atoms with Crippen molar-refractivity contribution in [3.63, 3.8) is 0 Å². The van der Waals surface area contributed by atoms with Crippen LogP contribution in [0.1, 0.15) is 32.8 Å². The van der Waals surface area contributed by atoms with E-state index in [0.29, 0.717) is 0 Å². The summed E-state index contributed by atoms with van der Waals surface area (Å²) in [7, 11) is 2.27. The molecule has 0 spiro atoms. The maximum Gasteiger partial charge on any atom is 0.138 e. The highest BCUT2D eigenvalue weighted by atomic mass is 35.5. The normalized spacial score (nSPS) is 22.6. The van der Waals surface area contributed by atoms with Crippen molar-refractivity contribution in [2.45, 2.75) is 32.6 Å². The van der Waals surface area contributed by atoms with Gasteiger partial charge in [-0.1, -0.05) is 38.4 Å². The second kappa shape index (κ2) is 7.67. The van der Waals surface area contributed by atoms with Gasteiger partial charge in [-0.3, -0.25) is 0 Å². The number of quaternary nitrogens is 2. The Morgan fingerprint density at radius 1 is 1.18 bits per heavy atom. The smallest absolute Gasteiger partial charge is 0.138 e. The fourth-order valence-corrected chi connectivity index (χ4v) is 3.06. The van der Waals surface area contributed by atoms with Crippen LogP contribution in [0.5, 0.6) is 5.75 Å². The molecule has 1 saturated heterocycles. The molecule has 1 aromatic carbocycles. The third-order valence-corrected chi connectivity index (χ3v) is 5.42. The van der Waals surface area contributed by atoms with Crippen molar-refractivity contribution in [3.8, 4) is 5.75 Å². The molecule has 1 aliphatic rings. The number of ether oxygens (including phenoxy) is 1. The number of likely N-dealkylation sites (N-methyl/N-ethyl adjacent to an activating group) is 1. The first-order chi connectivity index (χ1) is 10.4. The van der Waals surface area contributed by atoms with Gasteiger partial charge in [0.15, 0.2) is 0 Å². The summed E-state index contributed by atoms with van der Waals surface area (Å²) < 4.78 is 5.91. The minimum atomic E-state index is 0.161. The maximum absolute atomic E-state index is 6.40. The number of piperazine rings is 1. The van der Waals surface area contributed by atoms with E-state index in [1.807, 2.05) is 6.07 Å². The van der Waals surface area contributed by atoms with Crippen molar-refractivity contribution >= 4 is 11.6 Å². The minimum absolute atomic E-state index is 0.161. The number of nitrogens with one attached hydrogen (secondary N) is 2. The zero-order valence-corrected chi connectivity index (χ0v) is 15.2. The van der Waals surface area contributed by atoms with Crippen LogP contribution in [-0.4, -0.2) is 46.4 Å². The molecule has 1 aromatic rings. The predicted molar refractivity (Wildman–Crippen MR) is 92.4 cm³/mol. The third kappa shape index (κ3) is 4.61. The van der Waals surface area contributed by atoms with Gasteiger partial charge in [-0.2, -0.15) is 0 Å². The number of halogens is 1. The van der Waals surface area contributed by atoms with Crippen LogP contribution in [-0.2, 0) is 5.41 Å².